The number of nitrogens with one attached hydrogen (secondary N) is 1. The lowest BCUT2D eigenvalue weighted by Crippen LogP contribution is -2.15. The monoisotopic (exact) mass is 264 g/mol. The quantitative estimate of drug-likeness (QED) is 0.539. The molecule has 1 aromatic rings. The summed E-state index contributed by atoms with van der Waals surface area (Å²) in [5, 5.41) is 3.51. The van der Waals surface area contributed by atoms with Gasteiger partial charge >= 0.3 is 0 Å². The molecular formula is C16H28N2O. The first-order chi connectivity index (χ1) is 9.02. The van der Waals surface area contributed by atoms with Crippen molar-refractivity contribution in [3.8, 4) is 5.75 Å². The highest BCUT2D eigenvalue weighted by atomic mass is 16.5. The average molecular weight is 264 g/mol. The third-order valence-corrected chi connectivity index (χ3v) is 3.03. The van der Waals surface area contributed by atoms with Crippen LogP contribution in [0.3, 0.4) is 0 Å². The van der Waals surface area contributed by atoms with Gasteiger partial charge in [0.15, 0.2) is 0 Å². The van der Waals surface area contributed by atoms with E-state index in [1.54, 1.807) is 0 Å². The minimum atomic E-state index is 0.138. The van der Waals surface area contributed by atoms with Crippen molar-refractivity contribution < 1.29 is 4.74 Å². The van der Waals surface area contributed by atoms with Crippen LogP contribution in [0, 0.1) is 0 Å². The van der Waals surface area contributed by atoms with Gasteiger partial charge in [-0.2, -0.15) is 0 Å². The van der Waals surface area contributed by atoms with Crippen molar-refractivity contribution in [2.24, 2.45) is 0 Å². The fourth-order valence-electron chi connectivity index (χ4n) is 2.04. The molecule has 0 aliphatic carbocycles. The molecule has 1 unspecified atom stereocenters. The second-order valence-electron chi connectivity index (χ2n) is 5.46. The van der Waals surface area contributed by atoms with Gasteiger partial charge in [0.2, 0.25) is 0 Å². The van der Waals surface area contributed by atoms with E-state index in [-0.39, 0.29) is 6.10 Å². The largest absolute Gasteiger partial charge is 0.489 e. The third kappa shape index (κ3) is 5.86. The molecule has 0 fully saturated rings. The lowest BCUT2D eigenvalue weighted by Gasteiger charge is -2.18. The average Bonchev–Trinajstić information content (AvgIpc) is 2.33. The Labute approximate surface area is 117 Å². The van der Waals surface area contributed by atoms with E-state index in [4.69, 9.17) is 10.5 Å². The van der Waals surface area contributed by atoms with Gasteiger partial charge in [-0.3, -0.25) is 0 Å². The zero-order valence-electron chi connectivity index (χ0n) is 12.7. The molecular weight excluding hydrogens is 236 g/mol. The maximum atomic E-state index is 5.91. The number of hydrogen-bond acceptors (Lipinski definition) is 3. The van der Waals surface area contributed by atoms with Crippen molar-refractivity contribution in [3.05, 3.63) is 18.2 Å². The molecule has 19 heavy (non-hydrogen) atoms. The van der Waals surface area contributed by atoms with Gasteiger partial charge in [-0.05, 0) is 39.3 Å². The lowest BCUT2D eigenvalue weighted by atomic mass is 10.1. The summed E-state index contributed by atoms with van der Waals surface area (Å²) >= 11 is 0. The molecule has 0 heterocycles. The first-order valence-corrected chi connectivity index (χ1v) is 7.35. The van der Waals surface area contributed by atoms with Crippen LogP contribution >= 0.6 is 0 Å². The highest BCUT2D eigenvalue weighted by Gasteiger charge is 2.07. The fourth-order valence-corrected chi connectivity index (χ4v) is 2.04. The summed E-state index contributed by atoms with van der Waals surface area (Å²) < 4.78 is 5.70. The maximum Gasteiger partial charge on any atom is 0.144 e. The molecule has 3 heteroatoms. The minimum Gasteiger partial charge on any atom is -0.489 e. The molecule has 0 spiro atoms. The minimum absolute atomic E-state index is 0.138. The molecule has 0 aliphatic heterocycles. The van der Waals surface area contributed by atoms with Crippen molar-refractivity contribution in [2.45, 2.75) is 65.5 Å². The van der Waals surface area contributed by atoms with E-state index in [0.29, 0.717) is 11.7 Å². The Balaban J connectivity index is 2.58. The predicted octanol–water partition coefficient (Wildman–Crippen LogP) is 4.44. The molecule has 1 rings (SSSR count). The van der Waals surface area contributed by atoms with Crippen molar-refractivity contribution in [2.75, 3.05) is 11.1 Å². The first-order valence-electron chi connectivity index (χ1n) is 7.35. The summed E-state index contributed by atoms with van der Waals surface area (Å²) in [6, 6.07) is 6.38. The summed E-state index contributed by atoms with van der Waals surface area (Å²) in [4.78, 5) is 0. The Kier molecular flexibility index (Phi) is 6.54. The number of nitrogen functional groups attached to an aromatic ring is 1. The molecule has 1 atom stereocenters. The Morgan fingerprint density at radius 3 is 2.58 bits per heavy atom. The van der Waals surface area contributed by atoms with Crippen LogP contribution in [0.2, 0.25) is 0 Å². The van der Waals surface area contributed by atoms with Gasteiger partial charge < -0.3 is 15.8 Å². The van der Waals surface area contributed by atoms with Crippen molar-refractivity contribution in [1.82, 2.24) is 0 Å². The number of ether oxygens (including phenoxy) is 1. The Morgan fingerprint density at radius 1 is 1.21 bits per heavy atom. The summed E-state index contributed by atoms with van der Waals surface area (Å²) in [7, 11) is 0. The van der Waals surface area contributed by atoms with Gasteiger partial charge in [0, 0.05) is 17.8 Å². The van der Waals surface area contributed by atoms with Crippen LogP contribution in [-0.2, 0) is 0 Å². The van der Waals surface area contributed by atoms with E-state index in [1.807, 2.05) is 32.0 Å². The summed E-state index contributed by atoms with van der Waals surface area (Å²) in [6.07, 6.45) is 5.17. The van der Waals surface area contributed by atoms with E-state index >= 15 is 0 Å². The van der Waals surface area contributed by atoms with Crippen LogP contribution < -0.4 is 15.8 Å². The molecule has 3 nitrogen and oxygen atoms in total. The third-order valence-electron chi connectivity index (χ3n) is 3.03. The van der Waals surface area contributed by atoms with E-state index in [9.17, 15) is 0 Å². The van der Waals surface area contributed by atoms with Crippen LogP contribution in [-0.4, -0.2) is 12.1 Å². The van der Waals surface area contributed by atoms with Crippen molar-refractivity contribution in [1.29, 1.82) is 0 Å². The normalized spacial score (nSPS) is 12.5. The number of hydrogen-bond donors (Lipinski definition) is 2. The molecule has 0 saturated heterocycles. The van der Waals surface area contributed by atoms with Crippen LogP contribution in [0.25, 0.3) is 0 Å². The molecule has 0 amide bonds. The number of rotatable bonds is 8. The second-order valence-corrected chi connectivity index (χ2v) is 5.46. The Bertz CT molecular complexity index is 377. The lowest BCUT2D eigenvalue weighted by molar-refractivity contribution is 0.244. The Hall–Kier alpha value is -1.38. The molecule has 0 saturated carbocycles. The van der Waals surface area contributed by atoms with Crippen molar-refractivity contribution in [3.63, 3.8) is 0 Å². The molecule has 0 aliphatic rings. The number of anilines is 2. The van der Waals surface area contributed by atoms with E-state index in [0.717, 1.165) is 11.4 Å². The van der Waals surface area contributed by atoms with Crippen LogP contribution in [0.1, 0.15) is 53.4 Å². The first kappa shape index (κ1) is 15.7. The number of nitrogens with two attached hydrogens (primary N) is 1. The predicted molar refractivity (Wildman–Crippen MR) is 83.8 cm³/mol. The second kappa shape index (κ2) is 7.93. The van der Waals surface area contributed by atoms with Gasteiger partial charge in [-0.25, -0.2) is 0 Å². The van der Waals surface area contributed by atoms with E-state index < -0.39 is 0 Å². The number of benzene rings is 1. The van der Waals surface area contributed by atoms with E-state index in [1.165, 1.54) is 25.7 Å². The van der Waals surface area contributed by atoms with Gasteiger partial charge in [-0.1, -0.05) is 26.2 Å². The molecule has 0 bridgehead atoms. The SMILES string of the molecule is CCCCCC(C)Nc1ccc(N)c(OC(C)C)c1. The molecule has 108 valence electrons. The summed E-state index contributed by atoms with van der Waals surface area (Å²) in [6.45, 7) is 8.46. The van der Waals surface area contributed by atoms with E-state index in [2.05, 4.69) is 19.2 Å². The fraction of sp³-hybridized carbons (Fsp3) is 0.625. The highest BCUT2D eigenvalue weighted by Crippen LogP contribution is 2.27. The topological polar surface area (TPSA) is 47.3 Å². The van der Waals surface area contributed by atoms with Gasteiger partial charge in [-0.15, -0.1) is 0 Å². The Morgan fingerprint density at radius 2 is 1.95 bits per heavy atom. The zero-order valence-corrected chi connectivity index (χ0v) is 12.7. The molecule has 0 radical (unpaired) electrons. The smallest absolute Gasteiger partial charge is 0.144 e. The van der Waals surface area contributed by atoms with Crippen LogP contribution in [0.5, 0.6) is 5.75 Å². The van der Waals surface area contributed by atoms with Gasteiger partial charge in [0.25, 0.3) is 0 Å². The summed E-state index contributed by atoms with van der Waals surface area (Å²) in [5.41, 5.74) is 7.68. The summed E-state index contributed by atoms with van der Waals surface area (Å²) in [5.74, 6) is 0.765. The maximum absolute atomic E-state index is 5.91. The zero-order chi connectivity index (χ0) is 14.3. The van der Waals surface area contributed by atoms with Gasteiger partial charge in [0.05, 0.1) is 11.8 Å². The van der Waals surface area contributed by atoms with Crippen LogP contribution in [0.15, 0.2) is 18.2 Å². The van der Waals surface area contributed by atoms with Crippen LogP contribution in [0.4, 0.5) is 11.4 Å². The molecule has 0 aromatic heterocycles. The van der Waals surface area contributed by atoms with Gasteiger partial charge in [0.1, 0.15) is 5.75 Å². The highest BCUT2D eigenvalue weighted by molar-refractivity contribution is 5.61. The van der Waals surface area contributed by atoms with Crippen molar-refractivity contribution >= 4 is 11.4 Å². The molecule has 3 N–H and O–H groups in total. The number of unbranched alkanes of at least 4 members (excludes halogenated alkanes) is 2. The standard InChI is InChI=1S/C16H28N2O/c1-5-6-7-8-13(4)18-14-9-10-15(17)16(11-14)19-12(2)3/h9-13,18H,5-8,17H2,1-4H3. The molecule has 1 aromatic carbocycles.